The number of halogens is 1. The van der Waals surface area contributed by atoms with E-state index in [-0.39, 0.29) is 24.2 Å². The minimum absolute atomic E-state index is 0.0636. The van der Waals surface area contributed by atoms with Gasteiger partial charge in [0.1, 0.15) is 5.82 Å². The number of rotatable bonds is 4. The average Bonchev–Trinajstić information content (AvgIpc) is 2.87. The zero-order chi connectivity index (χ0) is 15.5. The maximum atomic E-state index is 12.9. The van der Waals surface area contributed by atoms with E-state index in [2.05, 4.69) is 11.4 Å². The Kier molecular flexibility index (Phi) is 4.62. The summed E-state index contributed by atoms with van der Waals surface area (Å²) < 4.78 is 12.9. The van der Waals surface area contributed by atoms with Crippen LogP contribution in [0.5, 0.6) is 0 Å². The van der Waals surface area contributed by atoms with E-state index in [0.29, 0.717) is 5.92 Å². The van der Waals surface area contributed by atoms with Crippen LogP contribution >= 0.6 is 0 Å². The van der Waals surface area contributed by atoms with Gasteiger partial charge in [-0.15, -0.1) is 0 Å². The van der Waals surface area contributed by atoms with Gasteiger partial charge in [-0.2, -0.15) is 5.26 Å². The Bertz CT molecular complexity index is 545. The summed E-state index contributed by atoms with van der Waals surface area (Å²) in [5, 5.41) is 12.0. The van der Waals surface area contributed by atoms with E-state index in [9.17, 15) is 9.18 Å². The fourth-order valence-electron chi connectivity index (χ4n) is 2.87. The lowest BCUT2D eigenvalue weighted by molar-refractivity contribution is -0.123. The fraction of sp³-hybridized carbons (Fsp3) is 0.529. The smallest absolute Gasteiger partial charge is 0.221 e. The van der Waals surface area contributed by atoms with Gasteiger partial charge in [0.05, 0.1) is 11.5 Å². The van der Waals surface area contributed by atoms with Gasteiger partial charge < -0.3 is 5.32 Å². The Hall–Kier alpha value is -1.89. The number of hydrogen-bond donors (Lipinski definition) is 1. The van der Waals surface area contributed by atoms with Crippen molar-refractivity contribution in [2.45, 2.75) is 51.5 Å². The quantitative estimate of drug-likeness (QED) is 0.921. The van der Waals surface area contributed by atoms with Crippen LogP contribution in [0.1, 0.15) is 51.0 Å². The minimum atomic E-state index is -0.626. The second-order valence-electron chi connectivity index (χ2n) is 6.50. The van der Waals surface area contributed by atoms with Crippen LogP contribution in [-0.4, -0.2) is 11.9 Å². The molecule has 0 bridgehead atoms. The molecule has 112 valence electrons. The van der Waals surface area contributed by atoms with Gasteiger partial charge in [-0.25, -0.2) is 4.39 Å². The van der Waals surface area contributed by atoms with Crippen molar-refractivity contribution in [2.24, 2.45) is 5.41 Å². The lowest BCUT2D eigenvalue weighted by Crippen LogP contribution is -2.35. The highest BCUT2D eigenvalue weighted by Crippen LogP contribution is 2.34. The first-order chi connectivity index (χ1) is 9.89. The number of hydrogen-bond acceptors (Lipinski definition) is 2. The third-order valence-electron chi connectivity index (χ3n) is 4.04. The minimum Gasteiger partial charge on any atom is -0.353 e. The number of amides is 1. The molecule has 0 heterocycles. The summed E-state index contributed by atoms with van der Waals surface area (Å²) in [6.07, 6.45) is 3.03. The number of nitrogens with one attached hydrogen (secondary N) is 1. The molecule has 0 unspecified atom stereocenters. The van der Waals surface area contributed by atoms with E-state index >= 15 is 0 Å². The van der Waals surface area contributed by atoms with Crippen molar-refractivity contribution < 1.29 is 9.18 Å². The molecule has 2 atom stereocenters. The Morgan fingerprint density at radius 1 is 1.38 bits per heavy atom. The largest absolute Gasteiger partial charge is 0.353 e. The van der Waals surface area contributed by atoms with Crippen molar-refractivity contribution in [3.05, 3.63) is 35.6 Å². The Labute approximate surface area is 125 Å². The summed E-state index contributed by atoms with van der Waals surface area (Å²) in [5.74, 6) is 0.0894. The van der Waals surface area contributed by atoms with Gasteiger partial charge >= 0.3 is 0 Å². The fourth-order valence-corrected chi connectivity index (χ4v) is 2.87. The van der Waals surface area contributed by atoms with Gasteiger partial charge in [-0.1, -0.05) is 12.1 Å². The zero-order valence-electron chi connectivity index (χ0n) is 12.5. The van der Waals surface area contributed by atoms with E-state index in [0.717, 1.165) is 24.8 Å². The number of nitrogens with zero attached hydrogens (tertiary/aromatic N) is 1. The highest BCUT2D eigenvalue weighted by Gasteiger charge is 2.29. The second-order valence-corrected chi connectivity index (χ2v) is 6.50. The molecule has 3 nitrogen and oxygen atoms in total. The van der Waals surface area contributed by atoms with Crippen molar-refractivity contribution >= 4 is 5.91 Å². The number of carbonyl (C=O) groups excluding carboxylic acids is 1. The molecule has 1 aromatic rings. The molecule has 2 rings (SSSR count). The van der Waals surface area contributed by atoms with Crippen LogP contribution in [0.15, 0.2) is 24.3 Å². The molecule has 1 fully saturated rings. The molecule has 1 aromatic carbocycles. The maximum Gasteiger partial charge on any atom is 0.221 e. The van der Waals surface area contributed by atoms with Gasteiger partial charge in [0, 0.05) is 12.5 Å². The monoisotopic (exact) mass is 288 g/mol. The summed E-state index contributed by atoms with van der Waals surface area (Å²) >= 11 is 0. The molecule has 0 radical (unpaired) electrons. The SMILES string of the molecule is CC(C)(C#N)CC(=O)N[C@H]1CC[C@@H](c2ccc(F)cc2)C1. The third-order valence-corrected chi connectivity index (χ3v) is 4.04. The Morgan fingerprint density at radius 3 is 2.67 bits per heavy atom. The van der Waals surface area contributed by atoms with Crippen LogP contribution in [0.25, 0.3) is 0 Å². The maximum absolute atomic E-state index is 12.9. The first-order valence-electron chi connectivity index (χ1n) is 7.36. The van der Waals surface area contributed by atoms with Gasteiger partial charge in [0.15, 0.2) is 0 Å². The lowest BCUT2D eigenvalue weighted by Gasteiger charge is -2.18. The molecule has 1 aliphatic rings. The predicted molar refractivity (Wildman–Crippen MR) is 78.9 cm³/mol. The molecule has 1 N–H and O–H groups in total. The molecular weight excluding hydrogens is 267 g/mol. The Balaban J connectivity index is 1.87. The van der Waals surface area contributed by atoms with Gasteiger partial charge in [0.2, 0.25) is 5.91 Å². The summed E-state index contributed by atoms with van der Waals surface area (Å²) in [6.45, 7) is 3.53. The molecule has 0 aliphatic heterocycles. The van der Waals surface area contributed by atoms with E-state index in [1.807, 2.05) is 12.1 Å². The zero-order valence-corrected chi connectivity index (χ0v) is 12.5. The molecule has 1 saturated carbocycles. The average molecular weight is 288 g/mol. The number of carbonyl (C=O) groups is 1. The first-order valence-corrected chi connectivity index (χ1v) is 7.36. The molecule has 0 spiro atoms. The molecule has 1 amide bonds. The van der Waals surface area contributed by atoms with Gasteiger partial charge in [-0.05, 0) is 56.7 Å². The van der Waals surface area contributed by atoms with Crippen molar-refractivity contribution in [1.82, 2.24) is 5.32 Å². The normalized spacial score (nSPS) is 21.8. The van der Waals surface area contributed by atoms with Crippen molar-refractivity contribution in [2.75, 3.05) is 0 Å². The highest BCUT2D eigenvalue weighted by molar-refractivity contribution is 5.77. The molecule has 0 aromatic heterocycles. The number of benzene rings is 1. The van der Waals surface area contributed by atoms with E-state index < -0.39 is 5.41 Å². The van der Waals surface area contributed by atoms with E-state index in [1.165, 1.54) is 12.1 Å². The summed E-state index contributed by atoms with van der Waals surface area (Å²) in [4.78, 5) is 11.9. The molecule has 21 heavy (non-hydrogen) atoms. The summed E-state index contributed by atoms with van der Waals surface area (Å²) in [7, 11) is 0. The van der Waals surface area contributed by atoms with Crippen LogP contribution in [0, 0.1) is 22.6 Å². The van der Waals surface area contributed by atoms with Crippen molar-refractivity contribution in [1.29, 1.82) is 5.26 Å². The predicted octanol–water partition coefficient (Wildman–Crippen LogP) is 3.52. The molecular formula is C17H21FN2O. The second kappa shape index (κ2) is 6.26. The van der Waals surface area contributed by atoms with Crippen molar-refractivity contribution in [3.63, 3.8) is 0 Å². The number of nitriles is 1. The van der Waals surface area contributed by atoms with Crippen LogP contribution in [0.3, 0.4) is 0 Å². The summed E-state index contributed by atoms with van der Waals surface area (Å²) in [5.41, 5.74) is 0.504. The van der Waals surface area contributed by atoms with Crippen LogP contribution in [0.2, 0.25) is 0 Å². The van der Waals surface area contributed by atoms with Crippen LogP contribution in [-0.2, 0) is 4.79 Å². The summed E-state index contributed by atoms with van der Waals surface area (Å²) in [6, 6.07) is 8.91. The third kappa shape index (κ3) is 4.29. The van der Waals surface area contributed by atoms with E-state index in [4.69, 9.17) is 5.26 Å². The first kappa shape index (κ1) is 15.5. The van der Waals surface area contributed by atoms with Gasteiger partial charge in [-0.3, -0.25) is 4.79 Å². The highest BCUT2D eigenvalue weighted by atomic mass is 19.1. The standard InChI is InChI=1S/C17H21FN2O/c1-17(2,11-19)10-16(21)20-15-8-5-13(9-15)12-3-6-14(18)7-4-12/h3-4,6-7,13,15H,5,8-10H2,1-2H3,(H,20,21)/t13-,15+/m1/s1. The Morgan fingerprint density at radius 2 is 2.05 bits per heavy atom. The lowest BCUT2D eigenvalue weighted by atomic mass is 9.91. The van der Waals surface area contributed by atoms with Crippen molar-refractivity contribution in [3.8, 4) is 6.07 Å². The topological polar surface area (TPSA) is 52.9 Å². The molecule has 4 heteroatoms. The van der Waals surface area contributed by atoms with E-state index in [1.54, 1.807) is 13.8 Å². The van der Waals surface area contributed by atoms with Crippen LogP contribution < -0.4 is 5.32 Å². The molecule has 1 aliphatic carbocycles. The molecule has 0 saturated heterocycles. The van der Waals surface area contributed by atoms with Crippen LogP contribution in [0.4, 0.5) is 4.39 Å². The van der Waals surface area contributed by atoms with Gasteiger partial charge in [0.25, 0.3) is 0 Å².